The number of hydrogen-bond donors (Lipinski definition) is 1. The van der Waals surface area contributed by atoms with E-state index in [1.807, 2.05) is 83.1 Å². The Morgan fingerprint density at radius 1 is 0.632 bits per heavy atom. The molecule has 0 fully saturated rings. The molecule has 0 aliphatic rings. The van der Waals surface area contributed by atoms with Crippen LogP contribution in [0.2, 0.25) is 38.8 Å². The maximum Gasteiger partial charge on any atom is 1.00 e. The minimum Gasteiger partial charge on any atom is -0.743 e. The minimum absolute atomic E-state index is 0. The van der Waals surface area contributed by atoms with Crippen molar-refractivity contribution in [3.8, 4) is 0 Å². The number of carbonyl (C=O) groups excluding carboxylic acids is 4. The summed E-state index contributed by atoms with van der Waals surface area (Å²) in [6.07, 6.45) is 4.14. The molecule has 21 heteroatoms. The van der Waals surface area contributed by atoms with E-state index in [1.165, 1.54) is 0 Å². The van der Waals surface area contributed by atoms with Crippen molar-refractivity contribution in [2.45, 2.75) is 171 Å². The minimum atomic E-state index is -6.09. The van der Waals surface area contributed by atoms with E-state index in [-0.39, 0.29) is 71.5 Å². The van der Waals surface area contributed by atoms with Gasteiger partial charge in [-0.25, -0.2) is 13.2 Å². The number of rotatable bonds is 26. The van der Waals surface area contributed by atoms with Gasteiger partial charge in [-0.1, -0.05) is 65.8 Å². The molecule has 15 nitrogen and oxygen atoms in total. The Balaban J connectivity index is -0.000000411. The standard InChI is InChI=1S/C14H18F2O5S.C14H32O3Si2.C11H22O4.C8H16O3.Na/c1-4-13(2,3)11-7-5-10(6-8-11)9-21-12(17)14(15,16)22(18,19)20;1-9-14(2,3)13(15)16-11-10-12-19(7,8)17-18(4,5)6;1-5-11(2,3)10(12)15-9-8-14-7-6-13-4;1-4-8(2,3)7(10)11-6-5-9;/h5-8H,4,9H2,1-3H3,(H,18,19,20);9-12H2,1-8H3;5-9H2,1-4H3;9H,4-6H2,1-3H3;/q;;;;+1/p-1. The zero-order valence-corrected chi connectivity index (χ0v) is 49.9. The number of methoxy groups -OCH3 is 1. The van der Waals surface area contributed by atoms with Gasteiger partial charge < -0.3 is 42.2 Å². The van der Waals surface area contributed by atoms with Gasteiger partial charge in [-0.2, -0.15) is 8.78 Å². The fraction of sp³-hybridized carbons (Fsp3) is 0.787. The zero-order chi connectivity index (χ0) is 53.1. The van der Waals surface area contributed by atoms with E-state index in [0.717, 1.165) is 43.7 Å². The molecule has 68 heavy (non-hydrogen) atoms. The summed E-state index contributed by atoms with van der Waals surface area (Å²) in [4.78, 5) is 45.4. The van der Waals surface area contributed by atoms with Gasteiger partial charge in [0, 0.05) is 7.11 Å². The van der Waals surface area contributed by atoms with Crippen molar-refractivity contribution < 1.29 is 108 Å². The van der Waals surface area contributed by atoms with E-state index in [9.17, 15) is 40.9 Å². The molecule has 1 rings (SSSR count). The van der Waals surface area contributed by atoms with Crippen molar-refractivity contribution in [2.24, 2.45) is 16.2 Å². The first-order chi connectivity index (χ1) is 30.4. The number of aliphatic hydroxyl groups excluding tert-OH is 1. The maximum absolute atomic E-state index is 12.9. The van der Waals surface area contributed by atoms with Crippen LogP contribution in [0, 0.1) is 16.2 Å². The van der Waals surface area contributed by atoms with Crippen LogP contribution >= 0.6 is 0 Å². The van der Waals surface area contributed by atoms with Crippen molar-refractivity contribution in [1.29, 1.82) is 0 Å². The number of benzene rings is 1. The topological polar surface area (TPSA) is 210 Å². The summed E-state index contributed by atoms with van der Waals surface area (Å²) in [6, 6.07) is 7.77. The van der Waals surface area contributed by atoms with Gasteiger partial charge in [0.25, 0.3) is 0 Å². The number of hydrogen-bond acceptors (Lipinski definition) is 15. The maximum atomic E-state index is 12.9. The van der Waals surface area contributed by atoms with Gasteiger partial charge in [-0.3, -0.25) is 14.4 Å². The smallest absolute Gasteiger partial charge is 0.743 e. The molecule has 1 N–H and O–H groups in total. The Hall–Kier alpha value is -1.86. The van der Waals surface area contributed by atoms with Crippen LogP contribution in [0.15, 0.2) is 24.3 Å². The normalized spacial score (nSPS) is 12.3. The SMILES string of the molecule is CCC(C)(C)C(=O)OCCC[Si](C)(C)O[Si](C)(C)C.CCC(C)(C)C(=O)OCCO.CCC(C)(C)C(=O)OCCOCCOC.CCC(C)(C)c1ccc(COC(=O)C(F)(F)S(=O)(=O)[O-])cc1.[Na+]. The van der Waals surface area contributed by atoms with Crippen molar-refractivity contribution in [1.82, 2.24) is 0 Å². The van der Waals surface area contributed by atoms with Crippen LogP contribution in [0.1, 0.15) is 126 Å². The predicted octanol–water partition coefficient (Wildman–Crippen LogP) is 6.56. The Kier molecular flexibility index (Phi) is 36.1. The number of aliphatic hydroxyl groups is 1. The number of halogens is 2. The average Bonchev–Trinajstić information content (AvgIpc) is 3.23. The van der Waals surface area contributed by atoms with Crippen LogP contribution in [-0.4, -0.2) is 117 Å². The average molecular weight is 1040 g/mol. The summed E-state index contributed by atoms with van der Waals surface area (Å²) >= 11 is 0. The molecule has 0 saturated carbocycles. The number of carbonyl (C=O) groups is 4. The van der Waals surface area contributed by atoms with Gasteiger partial charge in [-0.05, 0) is 129 Å². The van der Waals surface area contributed by atoms with E-state index in [2.05, 4.69) is 37.5 Å². The van der Waals surface area contributed by atoms with Crippen LogP contribution < -0.4 is 29.6 Å². The van der Waals surface area contributed by atoms with E-state index in [4.69, 9.17) is 32.9 Å². The second kappa shape index (κ2) is 33.7. The fourth-order valence-electron chi connectivity index (χ4n) is 4.73. The van der Waals surface area contributed by atoms with Gasteiger partial charge >= 0.3 is 58.7 Å². The third kappa shape index (κ3) is 31.5. The largest absolute Gasteiger partial charge is 1.00 e. The Morgan fingerprint density at radius 3 is 1.41 bits per heavy atom. The molecule has 0 aliphatic carbocycles. The Labute approximate surface area is 432 Å². The van der Waals surface area contributed by atoms with Crippen LogP contribution in [0.25, 0.3) is 0 Å². The van der Waals surface area contributed by atoms with E-state index in [0.29, 0.717) is 38.6 Å². The van der Waals surface area contributed by atoms with Crippen molar-refractivity contribution in [3.05, 3.63) is 35.4 Å². The summed E-state index contributed by atoms with van der Waals surface area (Å²) < 4.78 is 92.3. The first-order valence-corrected chi connectivity index (χ1v) is 30.8. The second-order valence-corrected chi connectivity index (χ2v) is 30.5. The number of ether oxygens (including phenoxy) is 6. The first-order valence-electron chi connectivity index (χ1n) is 22.9. The molecule has 0 amide bonds. The summed E-state index contributed by atoms with van der Waals surface area (Å²) in [5.74, 6) is -2.87. The van der Waals surface area contributed by atoms with Gasteiger partial charge in [0.15, 0.2) is 26.8 Å². The van der Waals surface area contributed by atoms with Crippen molar-refractivity contribution >= 4 is 50.6 Å². The number of alkyl halides is 2. The van der Waals surface area contributed by atoms with Crippen molar-refractivity contribution in [2.75, 3.05) is 53.4 Å². The van der Waals surface area contributed by atoms with Gasteiger partial charge in [0.1, 0.15) is 19.8 Å². The van der Waals surface area contributed by atoms with Gasteiger partial charge in [0.05, 0.1) is 49.3 Å². The predicted molar refractivity (Wildman–Crippen MR) is 260 cm³/mol. The van der Waals surface area contributed by atoms with Crippen LogP contribution in [0.4, 0.5) is 8.78 Å². The molecule has 0 radical (unpaired) electrons. The molecular formula is C47H87F2NaO15SSi2. The molecule has 0 bridgehead atoms. The van der Waals surface area contributed by atoms with E-state index >= 15 is 0 Å². The third-order valence-electron chi connectivity index (χ3n) is 10.8. The summed E-state index contributed by atoms with van der Waals surface area (Å²) in [7, 11) is -7.53. The molecule has 0 spiro atoms. The molecule has 394 valence electrons. The molecular weight excluding hydrogens is 954 g/mol. The molecule has 0 aromatic heterocycles. The molecule has 0 saturated heterocycles. The van der Waals surface area contributed by atoms with E-state index < -0.39 is 55.4 Å². The second-order valence-electron chi connectivity index (χ2n) is 20.0. The number of esters is 4. The molecule has 0 aliphatic heterocycles. The van der Waals surface area contributed by atoms with Crippen LogP contribution in [0.5, 0.6) is 0 Å². The molecule has 0 atom stereocenters. The molecule has 1 aromatic carbocycles. The Morgan fingerprint density at radius 2 is 1.04 bits per heavy atom. The summed E-state index contributed by atoms with van der Waals surface area (Å²) in [5, 5.41) is 3.29. The Bertz CT molecular complexity index is 1700. The van der Waals surface area contributed by atoms with Crippen molar-refractivity contribution in [3.63, 3.8) is 0 Å². The van der Waals surface area contributed by atoms with Gasteiger partial charge in [0.2, 0.25) is 0 Å². The summed E-state index contributed by atoms with van der Waals surface area (Å²) in [5.41, 5.74) is 0.197. The fourth-order valence-corrected chi connectivity index (χ4v) is 13.0. The monoisotopic (exact) mass is 1040 g/mol. The van der Waals surface area contributed by atoms with E-state index in [1.54, 1.807) is 31.4 Å². The van der Waals surface area contributed by atoms with Gasteiger partial charge in [-0.15, -0.1) is 0 Å². The third-order valence-corrected chi connectivity index (χ3v) is 17.8. The first kappa shape index (κ1) is 72.7. The molecule has 1 aromatic rings. The zero-order valence-electron chi connectivity index (χ0n) is 45.0. The quantitative estimate of drug-likeness (QED) is 0.0343. The summed E-state index contributed by atoms with van der Waals surface area (Å²) in [6.45, 7) is 36.3. The molecule has 0 heterocycles. The van der Waals surface area contributed by atoms with Crippen LogP contribution in [0.3, 0.4) is 0 Å². The molecule has 0 unspecified atom stereocenters. The van der Waals surface area contributed by atoms with Crippen LogP contribution in [-0.2, 0) is 73.9 Å².